The zero-order valence-corrected chi connectivity index (χ0v) is 22.8. The highest BCUT2D eigenvalue weighted by Gasteiger charge is 2.27. The van der Waals surface area contributed by atoms with Crippen LogP contribution < -0.4 is 4.18 Å². The molecule has 1 aromatic heterocycles. The molecule has 0 aliphatic rings. The zero-order valence-electron chi connectivity index (χ0n) is 22.0. The zero-order chi connectivity index (χ0) is 27.9. The molecular formula is C31H30N2O5S. The third-order valence-electron chi connectivity index (χ3n) is 5.50. The third-order valence-corrected chi connectivity index (χ3v) is 6.76. The van der Waals surface area contributed by atoms with Gasteiger partial charge in [0, 0.05) is 23.2 Å². The van der Waals surface area contributed by atoms with E-state index in [4.69, 9.17) is 13.9 Å². The highest BCUT2D eigenvalue weighted by molar-refractivity contribution is 7.87. The second-order valence-electron chi connectivity index (χ2n) is 9.80. The van der Waals surface area contributed by atoms with Crippen molar-refractivity contribution in [2.75, 3.05) is 0 Å². The molecule has 0 aliphatic carbocycles. The van der Waals surface area contributed by atoms with E-state index in [-0.39, 0.29) is 17.1 Å². The number of hydrogen-bond acceptors (Lipinski definition) is 7. The first-order valence-electron chi connectivity index (χ1n) is 12.5. The van der Waals surface area contributed by atoms with Crippen molar-refractivity contribution >= 4 is 21.8 Å². The number of aliphatic imine (C=N–C) groups is 1. The van der Waals surface area contributed by atoms with E-state index < -0.39 is 27.7 Å². The van der Waals surface area contributed by atoms with Crippen LogP contribution in [-0.2, 0) is 26.1 Å². The van der Waals surface area contributed by atoms with Crippen LogP contribution in [0.15, 0.2) is 119 Å². The SMILES string of the molecule is CC(C)(C)OC(=O)[C@H](Cc1ccc(OS(=O)(=O)c2ccccc2)cn1)N=C(c1ccccc1)c1ccccc1. The van der Waals surface area contributed by atoms with Gasteiger partial charge in [0.2, 0.25) is 0 Å². The predicted octanol–water partition coefficient (Wildman–Crippen LogP) is 5.64. The molecule has 7 nitrogen and oxygen atoms in total. The van der Waals surface area contributed by atoms with Gasteiger partial charge in [-0.2, -0.15) is 8.42 Å². The first-order valence-corrected chi connectivity index (χ1v) is 13.9. The van der Waals surface area contributed by atoms with Crippen LogP contribution in [0.25, 0.3) is 0 Å². The molecule has 0 N–H and O–H groups in total. The summed E-state index contributed by atoms with van der Waals surface area (Å²) in [5.74, 6) is -0.421. The van der Waals surface area contributed by atoms with Crippen LogP contribution in [0.2, 0.25) is 0 Å². The number of esters is 1. The molecule has 0 saturated heterocycles. The maximum atomic E-state index is 13.3. The summed E-state index contributed by atoms with van der Waals surface area (Å²) < 4.78 is 36.0. The number of hydrogen-bond donors (Lipinski definition) is 0. The summed E-state index contributed by atoms with van der Waals surface area (Å²) in [6.07, 6.45) is 1.46. The van der Waals surface area contributed by atoms with Crippen molar-refractivity contribution in [3.63, 3.8) is 0 Å². The van der Waals surface area contributed by atoms with Crippen LogP contribution in [0.3, 0.4) is 0 Å². The summed E-state index contributed by atoms with van der Waals surface area (Å²) in [5.41, 5.74) is 2.20. The molecule has 0 fully saturated rings. The van der Waals surface area contributed by atoms with Crippen LogP contribution in [0.4, 0.5) is 0 Å². The number of ether oxygens (including phenoxy) is 1. The minimum atomic E-state index is -4.00. The van der Waals surface area contributed by atoms with E-state index in [1.165, 1.54) is 24.4 Å². The Morgan fingerprint density at radius 1 is 0.821 bits per heavy atom. The molecule has 4 rings (SSSR count). The van der Waals surface area contributed by atoms with E-state index in [1.54, 1.807) is 45.0 Å². The normalized spacial score (nSPS) is 12.3. The lowest BCUT2D eigenvalue weighted by Gasteiger charge is -2.23. The minimum Gasteiger partial charge on any atom is -0.458 e. The maximum absolute atomic E-state index is 13.3. The maximum Gasteiger partial charge on any atom is 0.339 e. The number of aromatic nitrogens is 1. The Bertz CT molecular complexity index is 1470. The largest absolute Gasteiger partial charge is 0.458 e. The van der Waals surface area contributed by atoms with Gasteiger partial charge in [-0.05, 0) is 45.0 Å². The van der Waals surface area contributed by atoms with Crippen LogP contribution in [0, 0.1) is 0 Å². The van der Waals surface area contributed by atoms with Crippen LogP contribution >= 0.6 is 0 Å². The first-order chi connectivity index (χ1) is 18.6. The van der Waals surface area contributed by atoms with Crippen LogP contribution in [0.5, 0.6) is 5.75 Å². The van der Waals surface area contributed by atoms with Gasteiger partial charge in [0.25, 0.3) is 0 Å². The Balaban J connectivity index is 1.64. The van der Waals surface area contributed by atoms with Gasteiger partial charge in [-0.15, -0.1) is 0 Å². The smallest absolute Gasteiger partial charge is 0.339 e. The van der Waals surface area contributed by atoms with Crippen molar-refractivity contribution in [3.8, 4) is 5.75 Å². The molecule has 0 bridgehead atoms. The summed E-state index contributed by atoms with van der Waals surface area (Å²) in [7, 11) is -4.00. The van der Waals surface area contributed by atoms with E-state index in [0.717, 1.165) is 11.1 Å². The molecule has 0 radical (unpaired) electrons. The Labute approximate surface area is 229 Å². The number of carbonyl (C=O) groups excluding carboxylic acids is 1. The molecule has 0 saturated carbocycles. The molecule has 0 unspecified atom stereocenters. The van der Waals surface area contributed by atoms with Gasteiger partial charge in [0.05, 0.1) is 11.9 Å². The van der Waals surface area contributed by atoms with Gasteiger partial charge in [-0.1, -0.05) is 78.9 Å². The molecule has 200 valence electrons. The van der Waals surface area contributed by atoms with E-state index >= 15 is 0 Å². The van der Waals surface area contributed by atoms with Crippen molar-refractivity contribution in [2.45, 2.75) is 43.7 Å². The fourth-order valence-electron chi connectivity index (χ4n) is 3.76. The molecule has 1 heterocycles. The van der Waals surface area contributed by atoms with Gasteiger partial charge in [0.1, 0.15) is 10.5 Å². The Kier molecular flexibility index (Phi) is 8.56. The van der Waals surface area contributed by atoms with E-state index in [0.29, 0.717) is 11.4 Å². The van der Waals surface area contributed by atoms with Crippen molar-refractivity contribution in [2.24, 2.45) is 4.99 Å². The van der Waals surface area contributed by atoms with Crippen molar-refractivity contribution in [3.05, 3.63) is 126 Å². The molecule has 0 amide bonds. The van der Waals surface area contributed by atoms with Crippen LogP contribution in [-0.4, -0.2) is 36.7 Å². The van der Waals surface area contributed by atoms with Crippen molar-refractivity contribution < 1.29 is 22.1 Å². The number of nitrogens with zero attached hydrogens (tertiary/aromatic N) is 2. The van der Waals surface area contributed by atoms with E-state index in [9.17, 15) is 13.2 Å². The fraction of sp³-hybridized carbons (Fsp3) is 0.194. The molecule has 0 spiro atoms. The molecule has 4 aromatic rings. The Morgan fingerprint density at radius 3 is 1.85 bits per heavy atom. The lowest BCUT2D eigenvalue weighted by atomic mass is 10.0. The average Bonchev–Trinajstić information content (AvgIpc) is 2.92. The van der Waals surface area contributed by atoms with Gasteiger partial charge in [-0.25, -0.2) is 4.79 Å². The lowest BCUT2D eigenvalue weighted by molar-refractivity contribution is -0.156. The molecule has 0 aliphatic heterocycles. The number of carbonyl (C=O) groups is 1. The fourth-order valence-corrected chi connectivity index (χ4v) is 4.69. The molecule has 39 heavy (non-hydrogen) atoms. The second-order valence-corrected chi connectivity index (χ2v) is 11.3. The highest BCUT2D eigenvalue weighted by atomic mass is 32.2. The third kappa shape index (κ3) is 7.85. The standard InChI is InChI=1S/C31H30N2O5S/c1-31(2,3)37-30(34)28(33-29(23-13-7-4-8-14-23)24-15-9-5-10-16-24)21-25-19-20-26(22-32-25)38-39(35,36)27-17-11-6-12-18-27/h4-20,22,28H,21H2,1-3H3/t28-/m0/s1. The van der Waals surface area contributed by atoms with Crippen molar-refractivity contribution in [1.82, 2.24) is 4.98 Å². The van der Waals surface area contributed by atoms with E-state index in [1.807, 2.05) is 60.7 Å². The number of pyridine rings is 1. The topological polar surface area (TPSA) is 94.9 Å². The quantitative estimate of drug-likeness (QED) is 0.154. The molecule has 8 heteroatoms. The summed E-state index contributed by atoms with van der Waals surface area (Å²) in [4.78, 5) is 22.6. The highest BCUT2D eigenvalue weighted by Crippen LogP contribution is 2.20. The summed E-state index contributed by atoms with van der Waals surface area (Å²) in [5, 5.41) is 0. The number of benzene rings is 3. The Morgan fingerprint density at radius 2 is 1.36 bits per heavy atom. The van der Waals surface area contributed by atoms with Gasteiger partial charge < -0.3 is 8.92 Å². The first kappa shape index (κ1) is 27.7. The van der Waals surface area contributed by atoms with Gasteiger partial charge >= 0.3 is 16.1 Å². The van der Waals surface area contributed by atoms with Crippen LogP contribution in [0.1, 0.15) is 37.6 Å². The van der Waals surface area contributed by atoms with Crippen molar-refractivity contribution in [1.29, 1.82) is 0 Å². The molecule has 3 aromatic carbocycles. The van der Waals surface area contributed by atoms with Gasteiger partial charge in [-0.3, -0.25) is 9.98 Å². The average molecular weight is 543 g/mol. The summed E-state index contributed by atoms with van der Waals surface area (Å²) in [6.45, 7) is 5.41. The second kappa shape index (κ2) is 12.0. The minimum absolute atomic E-state index is 0.0442. The molecule has 1 atom stereocenters. The van der Waals surface area contributed by atoms with Gasteiger partial charge in [0.15, 0.2) is 11.8 Å². The number of rotatable bonds is 9. The summed E-state index contributed by atoms with van der Waals surface area (Å²) >= 11 is 0. The molecular weight excluding hydrogens is 512 g/mol. The predicted molar refractivity (Wildman–Crippen MR) is 150 cm³/mol. The Hall–Kier alpha value is -4.30. The summed E-state index contributed by atoms with van der Waals surface area (Å²) in [6, 6.07) is 29.4. The lowest BCUT2D eigenvalue weighted by Crippen LogP contribution is -2.33. The monoisotopic (exact) mass is 542 g/mol. The van der Waals surface area contributed by atoms with E-state index in [2.05, 4.69) is 4.98 Å².